The van der Waals surface area contributed by atoms with Crippen LogP contribution in [-0.4, -0.2) is 22.3 Å². The summed E-state index contributed by atoms with van der Waals surface area (Å²) < 4.78 is 0. The van der Waals surface area contributed by atoms with Crippen LogP contribution in [0.4, 0.5) is 0 Å². The number of rotatable bonds is 4. The van der Waals surface area contributed by atoms with E-state index in [-0.39, 0.29) is 5.91 Å². The zero-order valence-electron chi connectivity index (χ0n) is 11.2. The zero-order valence-corrected chi connectivity index (χ0v) is 12.8. The highest BCUT2D eigenvalue weighted by atomic mass is 32.1. The van der Waals surface area contributed by atoms with Gasteiger partial charge in [0.05, 0.1) is 16.8 Å². The summed E-state index contributed by atoms with van der Waals surface area (Å²) in [5.74, 6) is -0.335. The van der Waals surface area contributed by atoms with Crippen LogP contribution in [0.5, 0.6) is 0 Å². The molecular formula is C14H12N4OS2. The summed E-state index contributed by atoms with van der Waals surface area (Å²) in [6, 6.07) is 9.61. The molecule has 1 amide bonds. The number of hydrogen-bond donors (Lipinski definition) is 2. The lowest BCUT2D eigenvalue weighted by atomic mass is 10.3. The maximum Gasteiger partial charge on any atom is 0.291 e. The van der Waals surface area contributed by atoms with Gasteiger partial charge in [0.25, 0.3) is 5.91 Å². The first-order valence-corrected chi connectivity index (χ1v) is 7.91. The number of aromatic amines is 1. The Kier molecular flexibility index (Phi) is 3.94. The molecule has 3 aromatic heterocycles. The van der Waals surface area contributed by atoms with Crippen molar-refractivity contribution in [1.29, 1.82) is 0 Å². The van der Waals surface area contributed by atoms with E-state index in [4.69, 9.17) is 0 Å². The molecule has 0 radical (unpaired) electrons. The van der Waals surface area contributed by atoms with Gasteiger partial charge in [0.15, 0.2) is 5.69 Å². The predicted octanol–water partition coefficient (Wildman–Crippen LogP) is 3.27. The molecule has 3 aromatic rings. The van der Waals surface area contributed by atoms with Crippen molar-refractivity contribution in [2.45, 2.75) is 6.92 Å². The van der Waals surface area contributed by atoms with Crippen molar-refractivity contribution in [2.75, 3.05) is 0 Å². The van der Waals surface area contributed by atoms with Crippen LogP contribution >= 0.6 is 22.7 Å². The van der Waals surface area contributed by atoms with Crippen molar-refractivity contribution in [1.82, 2.24) is 15.6 Å². The van der Waals surface area contributed by atoms with E-state index in [1.165, 1.54) is 4.88 Å². The molecule has 3 rings (SSSR count). The molecule has 0 aliphatic rings. The van der Waals surface area contributed by atoms with Gasteiger partial charge in [-0.2, -0.15) is 10.2 Å². The molecule has 21 heavy (non-hydrogen) atoms. The summed E-state index contributed by atoms with van der Waals surface area (Å²) in [5, 5.41) is 12.7. The number of hydrazone groups is 1. The van der Waals surface area contributed by atoms with Crippen LogP contribution in [0.1, 0.15) is 20.2 Å². The highest BCUT2D eigenvalue weighted by Crippen LogP contribution is 2.26. The Morgan fingerprint density at radius 3 is 3.05 bits per heavy atom. The number of H-pyrrole nitrogens is 1. The first-order valence-electron chi connectivity index (χ1n) is 6.21. The molecule has 0 unspecified atom stereocenters. The van der Waals surface area contributed by atoms with E-state index >= 15 is 0 Å². The predicted molar refractivity (Wildman–Crippen MR) is 86.0 cm³/mol. The molecule has 0 aromatic carbocycles. The normalized spacial score (nSPS) is 11.1. The Hall–Kier alpha value is -2.25. The molecule has 2 N–H and O–H groups in total. The average Bonchev–Trinajstić information content (AvgIpc) is 3.19. The van der Waals surface area contributed by atoms with Gasteiger partial charge >= 0.3 is 0 Å². The van der Waals surface area contributed by atoms with Gasteiger partial charge in [-0.05, 0) is 36.6 Å². The van der Waals surface area contributed by atoms with Crippen LogP contribution in [0.2, 0.25) is 0 Å². The third kappa shape index (κ3) is 3.26. The lowest BCUT2D eigenvalue weighted by Gasteiger charge is -1.93. The maximum atomic E-state index is 11.9. The van der Waals surface area contributed by atoms with E-state index in [9.17, 15) is 4.79 Å². The van der Waals surface area contributed by atoms with Gasteiger partial charge < -0.3 is 0 Å². The monoisotopic (exact) mass is 316 g/mol. The fourth-order valence-electron chi connectivity index (χ4n) is 1.72. The number of thiophene rings is 2. The molecule has 7 heteroatoms. The third-order valence-electron chi connectivity index (χ3n) is 2.72. The molecule has 0 saturated carbocycles. The van der Waals surface area contributed by atoms with E-state index in [1.807, 2.05) is 36.6 Å². The summed E-state index contributed by atoms with van der Waals surface area (Å²) in [4.78, 5) is 15.2. The van der Waals surface area contributed by atoms with E-state index < -0.39 is 0 Å². The van der Waals surface area contributed by atoms with Gasteiger partial charge in [0.2, 0.25) is 0 Å². The van der Waals surface area contributed by atoms with Crippen molar-refractivity contribution in [3.05, 3.63) is 51.2 Å². The number of hydrogen-bond acceptors (Lipinski definition) is 5. The van der Waals surface area contributed by atoms with Crippen LogP contribution < -0.4 is 5.43 Å². The van der Waals surface area contributed by atoms with Gasteiger partial charge in [-0.15, -0.1) is 22.7 Å². The van der Waals surface area contributed by atoms with Gasteiger partial charge in [-0.1, -0.05) is 6.07 Å². The van der Waals surface area contributed by atoms with Crippen LogP contribution in [0.3, 0.4) is 0 Å². The summed E-state index contributed by atoms with van der Waals surface area (Å²) in [6.45, 7) is 2.04. The number of nitrogens with one attached hydrogen (secondary N) is 2. The SMILES string of the molecule is Cc1ccc(-c2cc(C(=O)NN=Cc3cccs3)n[nH]2)s1. The smallest absolute Gasteiger partial charge is 0.276 e. The summed E-state index contributed by atoms with van der Waals surface area (Å²) in [6.07, 6.45) is 1.61. The summed E-state index contributed by atoms with van der Waals surface area (Å²) >= 11 is 3.20. The topological polar surface area (TPSA) is 70.1 Å². The minimum atomic E-state index is -0.335. The lowest BCUT2D eigenvalue weighted by molar-refractivity contribution is 0.0950. The second-order valence-corrected chi connectivity index (χ2v) is 6.56. The Balaban J connectivity index is 1.67. The molecular weight excluding hydrogens is 304 g/mol. The third-order valence-corrected chi connectivity index (χ3v) is 4.56. The highest BCUT2D eigenvalue weighted by Gasteiger charge is 2.11. The maximum absolute atomic E-state index is 11.9. The molecule has 0 spiro atoms. The van der Waals surface area contributed by atoms with E-state index in [0.29, 0.717) is 5.69 Å². The molecule has 0 saturated heterocycles. The van der Waals surface area contributed by atoms with Gasteiger partial charge in [0, 0.05) is 9.75 Å². The van der Waals surface area contributed by atoms with Gasteiger partial charge in [-0.25, -0.2) is 5.43 Å². The molecule has 0 aliphatic carbocycles. The van der Waals surface area contributed by atoms with Crippen molar-refractivity contribution in [2.24, 2.45) is 5.10 Å². The average molecular weight is 316 g/mol. The lowest BCUT2D eigenvalue weighted by Crippen LogP contribution is -2.17. The number of carbonyl (C=O) groups excluding carboxylic acids is 1. The Labute approximate surface area is 129 Å². The van der Waals surface area contributed by atoms with E-state index in [1.54, 1.807) is 35.0 Å². The number of nitrogens with zero attached hydrogens (tertiary/aromatic N) is 2. The van der Waals surface area contributed by atoms with Crippen molar-refractivity contribution >= 4 is 34.8 Å². The molecule has 3 heterocycles. The van der Waals surface area contributed by atoms with Crippen molar-refractivity contribution in [3.63, 3.8) is 0 Å². The highest BCUT2D eigenvalue weighted by molar-refractivity contribution is 7.15. The zero-order chi connectivity index (χ0) is 14.7. The summed E-state index contributed by atoms with van der Waals surface area (Å²) in [7, 11) is 0. The fraction of sp³-hybridized carbons (Fsp3) is 0.0714. The van der Waals surface area contributed by atoms with E-state index in [0.717, 1.165) is 15.4 Å². The summed E-state index contributed by atoms with van der Waals surface area (Å²) in [5.41, 5.74) is 3.62. The molecule has 106 valence electrons. The van der Waals surface area contributed by atoms with Crippen LogP contribution in [0.25, 0.3) is 10.6 Å². The number of aryl methyl sites for hydroxylation is 1. The Morgan fingerprint density at radius 1 is 1.43 bits per heavy atom. The number of carbonyl (C=O) groups is 1. The van der Waals surface area contributed by atoms with Crippen LogP contribution in [0, 0.1) is 6.92 Å². The standard InChI is InChI=1S/C14H12N4OS2/c1-9-4-5-13(21-9)11-7-12(17-16-11)14(19)18-15-8-10-3-2-6-20-10/h2-8H,1H3,(H,16,17)(H,18,19). The Morgan fingerprint density at radius 2 is 2.33 bits per heavy atom. The Bertz CT molecular complexity index is 771. The molecule has 5 nitrogen and oxygen atoms in total. The van der Waals surface area contributed by atoms with Crippen LogP contribution in [-0.2, 0) is 0 Å². The number of aromatic nitrogens is 2. The van der Waals surface area contributed by atoms with Gasteiger partial charge in [-0.3, -0.25) is 9.89 Å². The molecule has 0 bridgehead atoms. The van der Waals surface area contributed by atoms with Gasteiger partial charge in [0.1, 0.15) is 0 Å². The molecule has 0 atom stereocenters. The first-order chi connectivity index (χ1) is 10.2. The minimum Gasteiger partial charge on any atom is -0.276 e. The molecule has 0 fully saturated rings. The first kappa shape index (κ1) is 13.7. The second-order valence-electron chi connectivity index (χ2n) is 4.29. The van der Waals surface area contributed by atoms with Crippen molar-refractivity contribution in [3.8, 4) is 10.6 Å². The van der Waals surface area contributed by atoms with Crippen molar-refractivity contribution < 1.29 is 4.79 Å². The molecule has 0 aliphatic heterocycles. The minimum absolute atomic E-state index is 0.319. The van der Waals surface area contributed by atoms with Crippen LogP contribution in [0.15, 0.2) is 40.8 Å². The number of amides is 1. The van der Waals surface area contributed by atoms with E-state index in [2.05, 4.69) is 20.7 Å². The largest absolute Gasteiger partial charge is 0.291 e. The quantitative estimate of drug-likeness (QED) is 0.573. The fourth-order valence-corrected chi connectivity index (χ4v) is 3.14. The second kappa shape index (κ2) is 6.02.